The molecule has 1 N–H and O–H groups in total. The zero-order valence-electron chi connectivity index (χ0n) is 11.2. The van der Waals surface area contributed by atoms with Crippen molar-refractivity contribution < 1.29 is 9.52 Å². The first-order valence-corrected chi connectivity index (χ1v) is 6.43. The van der Waals surface area contributed by atoms with Crippen LogP contribution in [0.3, 0.4) is 0 Å². The van der Waals surface area contributed by atoms with E-state index in [1.54, 1.807) is 6.26 Å². The van der Waals surface area contributed by atoms with E-state index in [9.17, 15) is 5.11 Å². The molecule has 18 heavy (non-hydrogen) atoms. The van der Waals surface area contributed by atoms with Gasteiger partial charge in [0.25, 0.3) is 0 Å². The Hall–Kier alpha value is -1.55. The van der Waals surface area contributed by atoms with Crippen LogP contribution in [0.5, 0.6) is 0 Å². The van der Waals surface area contributed by atoms with Crippen LogP contribution in [0, 0.1) is 6.92 Å². The van der Waals surface area contributed by atoms with E-state index in [-0.39, 0.29) is 0 Å². The topological polar surface area (TPSA) is 51.2 Å². The van der Waals surface area contributed by atoms with Gasteiger partial charge in [0.05, 0.1) is 18.1 Å². The lowest BCUT2D eigenvalue weighted by atomic mass is 10.1. The average molecular weight is 248 g/mol. The summed E-state index contributed by atoms with van der Waals surface area (Å²) >= 11 is 0. The van der Waals surface area contributed by atoms with Crippen molar-refractivity contribution >= 4 is 0 Å². The van der Waals surface area contributed by atoms with Crippen LogP contribution < -0.4 is 0 Å². The van der Waals surface area contributed by atoms with Crippen LogP contribution in [0.15, 0.2) is 22.8 Å². The highest BCUT2D eigenvalue weighted by atomic mass is 16.3. The Labute approximate surface area is 107 Å². The Morgan fingerprint density at radius 2 is 2.22 bits per heavy atom. The predicted molar refractivity (Wildman–Crippen MR) is 69.4 cm³/mol. The van der Waals surface area contributed by atoms with Crippen LogP contribution in [-0.4, -0.2) is 14.9 Å². The summed E-state index contributed by atoms with van der Waals surface area (Å²) in [7, 11) is 0. The van der Waals surface area contributed by atoms with Gasteiger partial charge < -0.3 is 9.52 Å². The zero-order chi connectivity index (χ0) is 13.1. The van der Waals surface area contributed by atoms with Crippen molar-refractivity contribution in [3.05, 3.63) is 41.1 Å². The summed E-state index contributed by atoms with van der Waals surface area (Å²) in [6, 6.07) is 3.90. The standard InChI is InChI=1S/C14H20N2O2/c1-4-11-8-12(16(5-2)15-11)9-14(17)13-6-7-18-10(13)3/h6-8,14,17H,4-5,9H2,1-3H3. The van der Waals surface area contributed by atoms with Crippen molar-refractivity contribution in [3.63, 3.8) is 0 Å². The van der Waals surface area contributed by atoms with Crippen molar-refractivity contribution in [2.45, 2.75) is 46.3 Å². The first kappa shape index (κ1) is 12.9. The largest absolute Gasteiger partial charge is 0.469 e. The molecule has 1 atom stereocenters. The van der Waals surface area contributed by atoms with Crippen molar-refractivity contribution in [2.24, 2.45) is 0 Å². The Bertz CT molecular complexity index is 514. The third-order valence-corrected chi connectivity index (χ3v) is 3.24. The zero-order valence-corrected chi connectivity index (χ0v) is 11.2. The number of nitrogens with zero attached hydrogens (tertiary/aromatic N) is 2. The molecule has 0 saturated heterocycles. The molecule has 4 heteroatoms. The van der Waals surface area contributed by atoms with Crippen LogP contribution in [0.25, 0.3) is 0 Å². The predicted octanol–water partition coefficient (Wildman–Crippen LogP) is 2.64. The Kier molecular flexibility index (Phi) is 3.87. The fraction of sp³-hybridized carbons (Fsp3) is 0.500. The molecule has 2 aromatic rings. The average Bonchev–Trinajstić information content (AvgIpc) is 2.95. The van der Waals surface area contributed by atoms with Gasteiger partial charge in [-0.2, -0.15) is 5.10 Å². The van der Waals surface area contributed by atoms with E-state index < -0.39 is 6.10 Å². The molecule has 0 saturated carbocycles. The van der Waals surface area contributed by atoms with Gasteiger partial charge in [0, 0.05) is 24.2 Å². The lowest BCUT2D eigenvalue weighted by Gasteiger charge is -2.10. The van der Waals surface area contributed by atoms with Crippen LogP contribution in [0.2, 0.25) is 0 Å². The molecule has 0 aliphatic heterocycles. The molecule has 0 radical (unpaired) electrons. The quantitative estimate of drug-likeness (QED) is 0.885. The molecule has 0 aliphatic carbocycles. The number of aliphatic hydroxyl groups excluding tert-OH is 1. The van der Waals surface area contributed by atoms with E-state index in [0.29, 0.717) is 6.42 Å². The Morgan fingerprint density at radius 1 is 1.44 bits per heavy atom. The van der Waals surface area contributed by atoms with E-state index in [0.717, 1.165) is 35.7 Å². The van der Waals surface area contributed by atoms with Crippen molar-refractivity contribution in [1.82, 2.24) is 9.78 Å². The first-order valence-electron chi connectivity index (χ1n) is 6.43. The summed E-state index contributed by atoms with van der Waals surface area (Å²) in [5, 5.41) is 14.7. The summed E-state index contributed by atoms with van der Waals surface area (Å²) in [5.41, 5.74) is 3.00. The molecule has 0 spiro atoms. The maximum absolute atomic E-state index is 10.2. The highest BCUT2D eigenvalue weighted by Gasteiger charge is 2.16. The number of rotatable bonds is 5. The fourth-order valence-electron chi connectivity index (χ4n) is 2.17. The minimum atomic E-state index is -0.532. The molecule has 2 heterocycles. The number of aromatic nitrogens is 2. The third kappa shape index (κ3) is 2.48. The van der Waals surface area contributed by atoms with Gasteiger partial charge in [-0.15, -0.1) is 0 Å². The first-order chi connectivity index (χ1) is 8.65. The molecule has 0 bridgehead atoms. The number of hydrogen-bond acceptors (Lipinski definition) is 3. The van der Waals surface area contributed by atoms with Gasteiger partial charge in [0.2, 0.25) is 0 Å². The molecule has 0 aromatic carbocycles. The van der Waals surface area contributed by atoms with E-state index in [1.807, 2.05) is 17.7 Å². The van der Waals surface area contributed by atoms with E-state index >= 15 is 0 Å². The summed E-state index contributed by atoms with van der Waals surface area (Å²) in [6.45, 7) is 6.84. The van der Waals surface area contributed by atoms with Crippen molar-refractivity contribution in [1.29, 1.82) is 0 Å². The normalized spacial score (nSPS) is 12.9. The van der Waals surface area contributed by atoms with Gasteiger partial charge in [-0.1, -0.05) is 6.92 Å². The molecule has 0 aliphatic rings. The van der Waals surface area contributed by atoms with Gasteiger partial charge in [-0.3, -0.25) is 4.68 Å². The van der Waals surface area contributed by atoms with Crippen molar-refractivity contribution in [2.75, 3.05) is 0 Å². The second-order valence-corrected chi connectivity index (χ2v) is 4.45. The second-order valence-electron chi connectivity index (χ2n) is 4.45. The molecule has 4 nitrogen and oxygen atoms in total. The monoisotopic (exact) mass is 248 g/mol. The minimum Gasteiger partial charge on any atom is -0.469 e. The molecule has 1 unspecified atom stereocenters. The van der Waals surface area contributed by atoms with Crippen LogP contribution >= 0.6 is 0 Å². The number of hydrogen-bond donors (Lipinski definition) is 1. The number of aliphatic hydroxyl groups is 1. The summed E-state index contributed by atoms with van der Waals surface area (Å²) in [5.74, 6) is 0.778. The smallest absolute Gasteiger partial charge is 0.106 e. The minimum absolute atomic E-state index is 0.532. The van der Waals surface area contributed by atoms with Crippen LogP contribution in [0.1, 0.15) is 42.7 Å². The lowest BCUT2D eigenvalue weighted by Crippen LogP contribution is -2.08. The molecule has 2 rings (SSSR count). The summed E-state index contributed by atoms with van der Waals surface area (Å²) in [6.07, 6.45) is 2.57. The molecule has 0 fully saturated rings. The maximum Gasteiger partial charge on any atom is 0.106 e. The Balaban J connectivity index is 2.18. The molecule has 2 aromatic heterocycles. The number of furan rings is 1. The molecular weight excluding hydrogens is 228 g/mol. The van der Waals surface area contributed by atoms with Gasteiger partial charge in [-0.25, -0.2) is 0 Å². The second kappa shape index (κ2) is 5.40. The molecule has 98 valence electrons. The fourth-order valence-corrected chi connectivity index (χ4v) is 2.17. The van der Waals surface area contributed by atoms with E-state index in [4.69, 9.17) is 4.42 Å². The van der Waals surface area contributed by atoms with Gasteiger partial charge in [0.15, 0.2) is 0 Å². The van der Waals surface area contributed by atoms with Crippen LogP contribution in [0.4, 0.5) is 0 Å². The van der Waals surface area contributed by atoms with E-state index in [1.165, 1.54) is 0 Å². The molecule has 0 amide bonds. The summed E-state index contributed by atoms with van der Waals surface area (Å²) < 4.78 is 7.18. The lowest BCUT2D eigenvalue weighted by molar-refractivity contribution is 0.173. The number of aryl methyl sites for hydroxylation is 3. The Morgan fingerprint density at radius 3 is 2.78 bits per heavy atom. The highest BCUT2D eigenvalue weighted by molar-refractivity contribution is 5.21. The maximum atomic E-state index is 10.2. The SMILES string of the molecule is CCc1cc(CC(O)c2ccoc2C)n(CC)n1. The van der Waals surface area contributed by atoms with Crippen LogP contribution in [-0.2, 0) is 19.4 Å². The summed E-state index contributed by atoms with van der Waals surface area (Å²) in [4.78, 5) is 0. The van der Waals surface area contributed by atoms with Gasteiger partial charge >= 0.3 is 0 Å². The van der Waals surface area contributed by atoms with Gasteiger partial charge in [0.1, 0.15) is 5.76 Å². The van der Waals surface area contributed by atoms with Gasteiger partial charge in [-0.05, 0) is 32.4 Å². The molecular formula is C14H20N2O2. The highest BCUT2D eigenvalue weighted by Crippen LogP contribution is 2.22. The van der Waals surface area contributed by atoms with E-state index in [2.05, 4.69) is 25.0 Å². The van der Waals surface area contributed by atoms with Crippen molar-refractivity contribution in [3.8, 4) is 0 Å². The third-order valence-electron chi connectivity index (χ3n) is 3.24.